The Kier molecular flexibility index (Phi) is 10.2. The maximum Gasteiger partial charge on any atom is 0.187 e. The minimum atomic E-state index is -1.76. The summed E-state index contributed by atoms with van der Waals surface area (Å²) in [5.74, 6) is 0. The molecule has 0 amide bonds. The van der Waals surface area contributed by atoms with Crippen LogP contribution in [0, 0.1) is 0 Å². The van der Waals surface area contributed by atoms with E-state index in [0.717, 1.165) is 0 Å². The highest BCUT2D eigenvalue weighted by molar-refractivity contribution is 4.95. The first-order valence-electron chi connectivity index (χ1n) is 11.8. The molecule has 8 N–H and O–H groups in total. The summed E-state index contributed by atoms with van der Waals surface area (Å²) in [6.07, 6.45) is -20.3. The zero-order chi connectivity index (χ0) is 26.0. The SMILES string of the molecule is CCCO[C@@H]1OC(C)[C@H](O)[C@H](O)C1O[C@@H]1OC(C)[C@H](O)[C@H](O[C@H]2O[C@@H](CO)[C@@H](O)C(O)C2O)C1O. The molecule has 15 atom stereocenters. The van der Waals surface area contributed by atoms with Gasteiger partial charge in [-0.05, 0) is 20.3 Å². The van der Waals surface area contributed by atoms with Crippen molar-refractivity contribution in [3.63, 3.8) is 0 Å². The average molecular weight is 515 g/mol. The van der Waals surface area contributed by atoms with Crippen molar-refractivity contribution < 1.29 is 69.3 Å². The van der Waals surface area contributed by atoms with E-state index in [1.54, 1.807) is 6.92 Å². The van der Waals surface area contributed by atoms with Gasteiger partial charge in [0, 0.05) is 6.61 Å². The van der Waals surface area contributed by atoms with Crippen LogP contribution in [0.15, 0.2) is 0 Å². The van der Waals surface area contributed by atoms with Crippen molar-refractivity contribution in [3.8, 4) is 0 Å². The number of ether oxygens (including phenoxy) is 6. The second-order valence-corrected chi connectivity index (χ2v) is 9.15. The predicted molar refractivity (Wildman–Crippen MR) is 112 cm³/mol. The summed E-state index contributed by atoms with van der Waals surface area (Å²) in [5.41, 5.74) is 0. The fourth-order valence-electron chi connectivity index (χ4n) is 4.27. The van der Waals surface area contributed by atoms with Crippen LogP contribution >= 0.6 is 0 Å². The number of aliphatic hydroxyl groups excluding tert-OH is 8. The molecule has 0 spiro atoms. The summed E-state index contributed by atoms with van der Waals surface area (Å²) < 4.78 is 33.4. The first-order chi connectivity index (χ1) is 16.5. The van der Waals surface area contributed by atoms with Gasteiger partial charge < -0.3 is 69.3 Å². The molecular weight excluding hydrogens is 476 g/mol. The highest BCUT2D eigenvalue weighted by Gasteiger charge is 2.52. The van der Waals surface area contributed by atoms with E-state index in [1.807, 2.05) is 6.92 Å². The van der Waals surface area contributed by atoms with Gasteiger partial charge in [-0.25, -0.2) is 0 Å². The van der Waals surface area contributed by atoms with Crippen LogP contribution in [0.3, 0.4) is 0 Å². The molecule has 3 heterocycles. The van der Waals surface area contributed by atoms with Gasteiger partial charge in [0.15, 0.2) is 18.9 Å². The fourth-order valence-corrected chi connectivity index (χ4v) is 4.27. The largest absolute Gasteiger partial charge is 0.394 e. The van der Waals surface area contributed by atoms with Crippen LogP contribution in [0.5, 0.6) is 0 Å². The smallest absolute Gasteiger partial charge is 0.187 e. The van der Waals surface area contributed by atoms with Gasteiger partial charge in [0.25, 0.3) is 0 Å². The number of rotatable bonds is 8. The summed E-state index contributed by atoms with van der Waals surface area (Å²) in [5, 5.41) is 81.9. The van der Waals surface area contributed by atoms with Gasteiger partial charge in [0.1, 0.15) is 61.0 Å². The van der Waals surface area contributed by atoms with Crippen LogP contribution in [-0.4, -0.2) is 146 Å². The minimum absolute atomic E-state index is 0.270. The molecule has 3 aliphatic rings. The maximum atomic E-state index is 10.9. The first kappa shape index (κ1) is 29.0. The third-order valence-electron chi connectivity index (χ3n) is 6.48. The fraction of sp³-hybridized carbons (Fsp3) is 1.00. The molecule has 14 nitrogen and oxygen atoms in total. The van der Waals surface area contributed by atoms with Gasteiger partial charge in [-0.1, -0.05) is 6.92 Å². The van der Waals surface area contributed by atoms with Crippen molar-refractivity contribution in [2.24, 2.45) is 0 Å². The van der Waals surface area contributed by atoms with Crippen LogP contribution in [0.25, 0.3) is 0 Å². The quantitative estimate of drug-likeness (QED) is 0.155. The maximum absolute atomic E-state index is 10.9. The predicted octanol–water partition coefficient (Wildman–Crippen LogP) is -4.08. The lowest BCUT2D eigenvalue weighted by molar-refractivity contribution is -0.381. The van der Waals surface area contributed by atoms with Crippen molar-refractivity contribution in [2.45, 2.75) is 119 Å². The van der Waals surface area contributed by atoms with Crippen molar-refractivity contribution in [1.29, 1.82) is 0 Å². The van der Waals surface area contributed by atoms with Crippen LogP contribution in [0.4, 0.5) is 0 Å². The molecular formula is C21H38O14. The minimum Gasteiger partial charge on any atom is -0.394 e. The Labute approximate surface area is 202 Å². The molecule has 35 heavy (non-hydrogen) atoms. The molecule has 0 aromatic carbocycles. The third kappa shape index (κ3) is 6.13. The molecule has 0 bridgehead atoms. The summed E-state index contributed by atoms with van der Waals surface area (Å²) in [7, 11) is 0. The van der Waals surface area contributed by atoms with Gasteiger partial charge in [0.05, 0.1) is 18.8 Å². The molecule has 0 aromatic heterocycles. The normalized spacial score (nSPS) is 51.3. The van der Waals surface area contributed by atoms with Gasteiger partial charge in [-0.2, -0.15) is 0 Å². The number of aliphatic hydroxyl groups is 8. The van der Waals surface area contributed by atoms with Crippen LogP contribution < -0.4 is 0 Å². The van der Waals surface area contributed by atoms with E-state index < -0.39 is 98.7 Å². The lowest BCUT2D eigenvalue weighted by atomic mass is 9.96. The van der Waals surface area contributed by atoms with E-state index in [0.29, 0.717) is 6.42 Å². The summed E-state index contributed by atoms with van der Waals surface area (Å²) in [4.78, 5) is 0. The second-order valence-electron chi connectivity index (χ2n) is 9.15. The molecule has 0 radical (unpaired) electrons. The molecule has 0 aromatic rings. The average Bonchev–Trinajstić information content (AvgIpc) is 2.83. The molecule has 3 aliphatic heterocycles. The first-order valence-corrected chi connectivity index (χ1v) is 11.8. The molecule has 6 unspecified atom stereocenters. The van der Waals surface area contributed by atoms with Gasteiger partial charge in [-0.3, -0.25) is 0 Å². The van der Waals surface area contributed by atoms with Gasteiger partial charge >= 0.3 is 0 Å². The van der Waals surface area contributed by atoms with Crippen LogP contribution in [0.1, 0.15) is 27.2 Å². The lowest BCUT2D eigenvalue weighted by Crippen LogP contribution is -2.65. The Balaban J connectivity index is 1.75. The summed E-state index contributed by atoms with van der Waals surface area (Å²) in [6, 6.07) is 0. The number of hydrogen-bond acceptors (Lipinski definition) is 14. The van der Waals surface area contributed by atoms with Crippen molar-refractivity contribution in [3.05, 3.63) is 0 Å². The monoisotopic (exact) mass is 514 g/mol. The van der Waals surface area contributed by atoms with Gasteiger partial charge in [-0.15, -0.1) is 0 Å². The zero-order valence-electron chi connectivity index (χ0n) is 19.8. The van der Waals surface area contributed by atoms with E-state index in [4.69, 9.17) is 28.4 Å². The highest BCUT2D eigenvalue weighted by Crippen LogP contribution is 2.32. The Hall–Kier alpha value is -0.560. The van der Waals surface area contributed by atoms with E-state index in [9.17, 15) is 40.9 Å². The van der Waals surface area contributed by atoms with Crippen molar-refractivity contribution in [1.82, 2.24) is 0 Å². The third-order valence-corrected chi connectivity index (χ3v) is 6.48. The molecule has 3 rings (SSSR count). The van der Waals surface area contributed by atoms with Gasteiger partial charge in [0.2, 0.25) is 0 Å². The Morgan fingerprint density at radius 1 is 0.600 bits per heavy atom. The van der Waals surface area contributed by atoms with Crippen molar-refractivity contribution >= 4 is 0 Å². The molecule has 206 valence electrons. The van der Waals surface area contributed by atoms with E-state index in [-0.39, 0.29) is 6.61 Å². The van der Waals surface area contributed by atoms with Crippen LogP contribution in [0.2, 0.25) is 0 Å². The zero-order valence-corrected chi connectivity index (χ0v) is 19.8. The lowest BCUT2D eigenvalue weighted by Gasteiger charge is -2.47. The Bertz CT molecular complexity index is 654. The van der Waals surface area contributed by atoms with E-state index in [2.05, 4.69) is 0 Å². The Morgan fingerprint density at radius 2 is 1.17 bits per heavy atom. The van der Waals surface area contributed by atoms with E-state index >= 15 is 0 Å². The molecule has 3 fully saturated rings. The second kappa shape index (κ2) is 12.3. The van der Waals surface area contributed by atoms with Crippen LogP contribution in [-0.2, 0) is 28.4 Å². The molecule has 14 heteroatoms. The standard InChI is InChI=1S/C21H38O14/c1-4-5-30-21-18(14(27)10(23)7(2)32-21)35-20-16(29)17(11(24)8(3)31-20)34-19-15(28)13(26)12(25)9(6-22)33-19/h7-29H,4-6H2,1-3H3/t7?,8?,9-,10-,11-,12+,13?,14-,15?,16?,17-,18?,19+,20-,21+/m0/s1. The molecule has 3 saturated heterocycles. The molecule has 0 saturated carbocycles. The summed E-state index contributed by atoms with van der Waals surface area (Å²) >= 11 is 0. The van der Waals surface area contributed by atoms with Crippen molar-refractivity contribution in [2.75, 3.05) is 13.2 Å². The van der Waals surface area contributed by atoms with E-state index in [1.165, 1.54) is 6.92 Å². The topological polar surface area (TPSA) is 217 Å². The molecule has 0 aliphatic carbocycles. The summed E-state index contributed by atoms with van der Waals surface area (Å²) in [6.45, 7) is 4.47. The highest BCUT2D eigenvalue weighted by atomic mass is 16.8. The number of hydrogen-bond donors (Lipinski definition) is 8. The Morgan fingerprint density at radius 3 is 1.80 bits per heavy atom.